The molecule has 0 spiro atoms. The molecule has 0 aliphatic carbocycles. The summed E-state index contributed by atoms with van der Waals surface area (Å²) in [7, 11) is 2.74. The first-order valence-electron chi connectivity index (χ1n) is 8.59. The number of nitrogens with two attached hydrogens (primary N) is 1. The number of primary amides is 1. The molecule has 3 N–H and O–H groups in total. The van der Waals surface area contributed by atoms with Gasteiger partial charge in [0, 0.05) is 0 Å². The SMILES string of the molecule is COc1cc(C(=O)OCC(=O)NC(=O)c2ccccc2OC)ccc1OCC(N)=O. The monoisotopic (exact) mass is 416 g/mol. The third kappa shape index (κ3) is 5.96. The number of esters is 1. The molecule has 158 valence electrons. The zero-order valence-corrected chi connectivity index (χ0v) is 16.3. The summed E-state index contributed by atoms with van der Waals surface area (Å²) in [5, 5.41) is 2.11. The fourth-order valence-electron chi connectivity index (χ4n) is 2.34. The lowest BCUT2D eigenvalue weighted by molar-refractivity contribution is -0.123. The minimum atomic E-state index is -0.824. The van der Waals surface area contributed by atoms with Crippen molar-refractivity contribution in [3.63, 3.8) is 0 Å². The number of hydrogen-bond acceptors (Lipinski definition) is 8. The quantitative estimate of drug-likeness (QED) is 0.568. The van der Waals surface area contributed by atoms with Crippen LogP contribution in [0, 0.1) is 0 Å². The van der Waals surface area contributed by atoms with Crippen molar-refractivity contribution in [3.05, 3.63) is 53.6 Å². The summed E-state index contributed by atoms with van der Waals surface area (Å²) in [6.07, 6.45) is 0. The van der Waals surface area contributed by atoms with E-state index in [9.17, 15) is 19.2 Å². The largest absolute Gasteiger partial charge is 0.496 e. The smallest absolute Gasteiger partial charge is 0.338 e. The van der Waals surface area contributed by atoms with Crippen LogP contribution in [0.3, 0.4) is 0 Å². The van der Waals surface area contributed by atoms with Crippen LogP contribution in [0.5, 0.6) is 17.2 Å². The molecular weight excluding hydrogens is 396 g/mol. The van der Waals surface area contributed by atoms with Crippen LogP contribution in [-0.4, -0.2) is 51.1 Å². The van der Waals surface area contributed by atoms with Gasteiger partial charge >= 0.3 is 5.97 Å². The minimum absolute atomic E-state index is 0.0714. The van der Waals surface area contributed by atoms with Crippen molar-refractivity contribution in [2.45, 2.75) is 0 Å². The molecule has 0 radical (unpaired) electrons. The number of nitrogens with one attached hydrogen (secondary N) is 1. The summed E-state index contributed by atoms with van der Waals surface area (Å²) in [6.45, 7) is -1.04. The highest BCUT2D eigenvalue weighted by atomic mass is 16.5. The summed E-state index contributed by atoms with van der Waals surface area (Å²) in [4.78, 5) is 47.1. The van der Waals surface area contributed by atoms with E-state index < -0.39 is 30.3 Å². The van der Waals surface area contributed by atoms with Crippen molar-refractivity contribution in [1.29, 1.82) is 0 Å². The molecule has 0 aromatic heterocycles. The summed E-state index contributed by atoms with van der Waals surface area (Å²) in [5.74, 6) is -2.33. The fourth-order valence-corrected chi connectivity index (χ4v) is 2.34. The Labute approximate surface area is 171 Å². The maximum Gasteiger partial charge on any atom is 0.338 e. The highest BCUT2D eigenvalue weighted by Crippen LogP contribution is 2.28. The molecule has 3 amide bonds. The lowest BCUT2D eigenvalue weighted by atomic mass is 10.2. The topological polar surface area (TPSA) is 143 Å². The number of hydrogen-bond donors (Lipinski definition) is 2. The number of rotatable bonds is 9. The normalized spacial score (nSPS) is 9.93. The Morgan fingerprint density at radius 3 is 2.27 bits per heavy atom. The Kier molecular flexibility index (Phi) is 7.74. The number of para-hydroxylation sites is 1. The van der Waals surface area contributed by atoms with Crippen LogP contribution in [0.2, 0.25) is 0 Å². The number of methoxy groups -OCH3 is 2. The summed E-state index contributed by atoms with van der Waals surface area (Å²) < 4.78 is 20.2. The van der Waals surface area contributed by atoms with E-state index >= 15 is 0 Å². The van der Waals surface area contributed by atoms with E-state index in [0.29, 0.717) is 5.75 Å². The number of carbonyl (C=O) groups excluding carboxylic acids is 4. The van der Waals surface area contributed by atoms with Crippen LogP contribution in [0.1, 0.15) is 20.7 Å². The van der Waals surface area contributed by atoms with E-state index in [-0.39, 0.29) is 29.2 Å². The van der Waals surface area contributed by atoms with Gasteiger partial charge in [0.25, 0.3) is 17.7 Å². The first kappa shape index (κ1) is 22.2. The number of benzene rings is 2. The first-order valence-corrected chi connectivity index (χ1v) is 8.59. The van der Waals surface area contributed by atoms with Crippen molar-refractivity contribution in [3.8, 4) is 17.2 Å². The van der Waals surface area contributed by atoms with Crippen molar-refractivity contribution < 1.29 is 38.1 Å². The molecule has 0 bridgehead atoms. The molecule has 2 aromatic rings. The molecule has 0 saturated heterocycles. The van der Waals surface area contributed by atoms with E-state index in [4.69, 9.17) is 24.7 Å². The van der Waals surface area contributed by atoms with Crippen LogP contribution in [0.4, 0.5) is 0 Å². The number of ether oxygens (including phenoxy) is 4. The Balaban J connectivity index is 1.95. The third-order valence-electron chi connectivity index (χ3n) is 3.71. The van der Waals surface area contributed by atoms with Crippen LogP contribution in [0.15, 0.2) is 42.5 Å². The molecule has 0 heterocycles. The average molecular weight is 416 g/mol. The second-order valence-electron chi connectivity index (χ2n) is 5.77. The molecule has 10 heteroatoms. The van der Waals surface area contributed by atoms with Crippen LogP contribution >= 0.6 is 0 Å². The van der Waals surface area contributed by atoms with Gasteiger partial charge in [-0.2, -0.15) is 0 Å². The van der Waals surface area contributed by atoms with Crippen LogP contribution < -0.4 is 25.3 Å². The van der Waals surface area contributed by atoms with Crippen molar-refractivity contribution in [1.82, 2.24) is 5.32 Å². The predicted octanol–water partition coefficient (Wildman–Crippen LogP) is 0.681. The van der Waals surface area contributed by atoms with Crippen LogP contribution in [-0.2, 0) is 14.3 Å². The molecule has 30 heavy (non-hydrogen) atoms. The van der Waals surface area contributed by atoms with Gasteiger partial charge in [-0.3, -0.25) is 19.7 Å². The molecule has 0 fully saturated rings. The molecule has 0 unspecified atom stereocenters. The van der Waals surface area contributed by atoms with E-state index in [1.807, 2.05) is 0 Å². The molecule has 2 rings (SSSR count). The van der Waals surface area contributed by atoms with Gasteiger partial charge in [0.1, 0.15) is 5.75 Å². The first-order chi connectivity index (χ1) is 14.3. The molecule has 2 aromatic carbocycles. The van der Waals surface area contributed by atoms with Crippen LogP contribution in [0.25, 0.3) is 0 Å². The van der Waals surface area contributed by atoms with Crippen molar-refractivity contribution >= 4 is 23.7 Å². The lowest BCUT2D eigenvalue weighted by Crippen LogP contribution is -2.34. The van der Waals surface area contributed by atoms with Gasteiger partial charge < -0.3 is 24.7 Å². The molecule has 0 aliphatic rings. The standard InChI is InChI=1S/C20H20N2O8/c1-27-14-6-4-3-5-13(14)19(25)22-18(24)11-30-20(26)12-7-8-15(16(9-12)28-2)29-10-17(21)23/h3-9H,10-11H2,1-2H3,(H2,21,23)(H,22,24,25). The van der Waals surface area contributed by atoms with E-state index in [1.54, 1.807) is 18.2 Å². The number of imide groups is 1. The fraction of sp³-hybridized carbons (Fsp3) is 0.200. The van der Waals surface area contributed by atoms with Gasteiger partial charge in [-0.15, -0.1) is 0 Å². The molecular formula is C20H20N2O8. The van der Waals surface area contributed by atoms with Gasteiger partial charge in [-0.1, -0.05) is 12.1 Å². The second kappa shape index (κ2) is 10.5. The third-order valence-corrected chi connectivity index (χ3v) is 3.71. The van der Waals surface area contributed by atoms with Gasteiger partial charge in [0.2, 0.25) is 0 Å². The summed E-state index contributed by atoms with van der Waals surface area (Å²) >= 11 is 0. The maximum absolute atomic E-state index is 12.2. The average Bonchev–Trinajstić information content (AvgIpc) is 2.75. The van der Waals surface area contributed by atoms with Gasteiger partial charge in [-0.05, 0) is 30.3 Å². The van der Waals surface area contributed by atoms with Gasteiger partial charge in [0.15, 0.2) is 24.7 Å². The Hall–Kier alpha value is -4.08. The summed E-state index contributed by atoms with van der Waals surface area (Å²) in [5.41, 5.74) is 5.25. The highest BCUT2D eigenvalue weighted by molar-refractivity contribution is 6.07. The molecule has 0 aliphatic heterocycles. The Bertz CT molecular complexity index is 958. The molecule has 0 atom stereocenters. The maximum atomic E-state index is 12.2. The lowest BCUT2D eigenvalue weighted by Gasteiger charge is -2.11. The summed E-state index contributed by atoms with van der Waals surface area (Å²) in [6, 6.07) is 10.4. The van der Waals surface area contributed by atoms with Crippen molar-refractivity contribution in [2.75, 3.05) is 27.4 Å². The van der Waals surface area contributed by atoms with E-state index in [0.717, 1.165) is 0 Å². The zero-order chi connectivity index (χ0) is 22.1. The second-order valence-corrected chi connectivity index (χ2v) is 5.77. The highest BCUT2D eigenvalue weighted by Gasteiger charge is 2.17. The molecule has 0 saturated carbocycles. The van der Waals surface area contributed by atoms with Gasteiger partial charge in [-0.25, -0.2) is 4.79 Å². The number of carbonyl (C=O) groups is 4. The van der Waals surface area contributed by atoms with Gasteiger partial charge in [0.05, 0.1) is 25.3 Å². The Morgan fingerprint density at radius 2 is 1.60 bits per heavy atom. The Morgan fingerprint density at radius 1 is 0.900 bits per heavy atom. The zero-order valence-electron chi connectivity index (χ0n) is 16.3. The minimum Gasteiger partial charge on any atom is -0.496 e. The number of amides is 3. The predicted molar refractivity (Wildman–Crippen MR) is 103 cm³/mol. The van der Waals surface area contributed by atoms with E-state index in [2.05, 4.69) is 5.32 Å². The molecule has 10 nitrogen and oxygen atoms in total. The van der Waals surface area contributed by atoms with Crippen molar-refractivity contribution in [2.24, 2.45) is 5.73 Å². The van der Waals surface area contributed by atoms with E-state index in [1.165, 1.54) is 38.5 Å².